The van der Waals surface area contributed by atoms with E-state index in [0.29, 0.717) is 18.7 Å². The summed E-state index contributed by atoms with van der Waals surface area (Å²) >= 11 is 0. The van der Waals surface area contributed by atoms with Crippen LogP contribution in [0.3, 0.4) is 0 Å². The number of rotatable bonds is 4. The third-order valence-corrected chi connectivity index (χ3v) is 4.87. The van der Waals surface area contributed by atoms with Crippen molar-refractivity contribution in [2.75, 3.05) is 33.8 Å². The van der Waals surface area contributed by atoms with Crippen LogP contribution >= 0.6 is 0 Å². The number of likely N-dealkylation sites (N-methyl/N-ethyl adjacent to an activating group) is 1. The lowest BCUT2D eigenvalue weighted by Gasteiger charge is -2.41. The fraction of sp³-hybridized carbons (Fsp3) is 0.421. The predicted octanol–water partition coefficient (Wildman–Crippen LogP) is 1.21. The maximum Gasteiger partial charge on any atom is 0.254 e. The zero-order valence-corrected chi connectivity index (χ0v) is 15.8. The summed E-state index contributed by atoms with van der Waals surface area (Å²) in [5.74, 6) is -0.000362. The van der Waals surface area contributed by atoms with E-state index in [-0.39, 0.29) is 18.1 Å². The van der Waals surface area contributed by atoms with E-state index in [4.69, 9.17) is 4.74 Å². The van der Waals surface area contributed by atoms with E-state index in [1.54, 1.807) is 15.4 Å². The molecule has 8 heteroatoms. The van der Waals surface area contributed by atoms with Crippen molar-refractivity contribution in [3.05, 3.63) is 54.1 Å². The summed E-state index contributed by atoms with van der Waals surface area (Å²) in [7, 11) is 5.91. The summed E-state index contributed by atoms with van der Waals surface area (Å²) in [4.78, 5) is 17.4. The Morgan fingerprint density at radius 1 is 1.33 bits per heavy atom. The molecule has 142 valence electrons. The van der Waals surface area contributed by atoms with Crippen LogP contribution in [0.4, 0.5) is 0 Å². The molecule has 3 aromatic heterocycles. The van der Waals surface area contributed by atoms with E-state index in [1.165, 1.54) is 0 Å². The van der Waals surface area contributed by atoms with Crippen molar-refractivity contribution in [2.24, 2.45) is 7.05 Å². The van der Waals surface area contributed by atoms with Crippen LogP contribution in [-0.2, 0) is 11.8 Å². The Morgan fingerprint density at radius 3 is 2.93 bits per heavy atom. The number of hydrogen-bond donors (Lipinski definition) is 0. The molecule has 27 heavy (non-hydrogen) atoms. The number of pyridine rings is 1. The van der Waals surface area contributed by atoms with Crippen molar-refractivity contribution in [1.82, 2.24) is 29.2 Å². The van der Waals surface area contributed by atoms with Crippen LogP contribution < -0.4 is 0 Å². The number of morpholine rings is 1. The molecule has 1 aliphatic heterocycles. The van der Waals surface area contributed by atoms with Crippen LogP contribution in [0, 0.1) is 0 Å². The van der Waals surface area contributed by atoms with Gasteiger partial charge in [0, 0.05) is 49.9 Å². The molecule has 0 bridgehead atoms. The maximum atomic E-state index is 13.4. The summed E-state index contributed by atoms with van der Waals surface area (Å²) in [6.45, 7) is 1.80. The van der Waals surface area contributed by atoms with Gasteiger partial charge in [-0.05, 0) is 32.3 Å². The molecule has 2 atom stereocenters. The highest BCUT2D eigenvalue weighted by Gasteiger charge is 2.37. The molecule has 1 aliphatic rings. The molecule has 0 spiro atoms. The number of aromatic nitrogens is 4. The molecular weight excluding hydrogens is 344 g/mol. The molecule has 0 radical (unpaired) electrons. The van der Waals surface area contributed by atoms with E-state index in [1.807, 2.05) is 62.8 Å². The van der Waals surface area contributed by atoms with Gasteiger partial charge in [0.2, 0.25) is 0 Å². The van der Waals surface area contributed by atoms with Gasteiger partial charge in [0.25, 0.3) is 5.91 Å². The average Bonchev–Trinajstić information content (AvgIpc) is 3.28. The smallest absolute Gasteiger partial charge is 0.254 e. The Morgan fingerprint density at radius 2 is 2.19 bits per heavy atom. The van der Waals surface area contributed by atoms with Crippen molar-refractivity contribution in [3.63, 3.8) is 0 Å². The minimum Gasteiger partial charge on any atom is -0.373 e. The molecule has 8 nitrogen and oxygen atoms in total. The van der Waals surface area contributed by atoms with E-state index in [0.717, 1.165) is 17.6 Å². The zero-order valence-electron chi connectivity index (χ0n) is 15.8. The van der Waals surface area contributed by atoms with Gasteiger partial charge in [-0.15, -0.1) is 0 Å². The van der Waals surface area contributed by atoms with E-state index in [2.05, 4.69) is 15.1 Å². The van der Waals surface area contributed by atoms with E-state index < -0.39 is 0 Å². The molecule has 0 aliphatic carbocycles. The fourth-order valence-corrected chi connectivity index (χ4v) is 3.68. The normalized spacial score (nSPS) is 20.5. The lowest BCUT2D eigenvalue weighted by atomic mass is 9.99. The first-order chi connectivity index (χ1) is 13.0. The van der Waals surface area contributed by atoms with Crippen molar-refractivity contribution in [2.45, 2.75) is 12.1 Å². The molecule has 1 fully saturated rings. The lowest BCUT2D eigenvalue weighted by molar-refractivity contribution is -0.0684. The van der Waals surface area contributed by atoms with Gasteiger partial charge in [0.15, 0.2) is 0 Å². The predicted molar refractivity (Wildman–Crippen MR) is 100 cm³/mol. The molecule has 0 aromatic carbocycles. The second-order valence-corrected chi connectivity index (χ2v) is 7.18. The third-order valence-electron chi connectivity index (χ3n) is 4.87. The minimum absolute atomic E-state index is 0.000362. The van der Waals surface area contributed by atoms with Crippen LogP contribution in [0.25, 0.3) is 5.52 Å². The van der Waals surface area contributed by atoms with E-state index in [9.17, 15) is 4.79 Å². The number of nitrogens with zero attached hydrogens (tertiary/aromatic N) is 6. The topological polar surface area (TPSA) is 67.9 Å². The number of fused-ring (bicyclic) bond motifs is 1. The first kappa shape index (κ1) is 17.7. The molecule has 0 unspecified atom stereocenters. The van der Waals surface area contributed by atoms with Crippen molar-refractivity contribution in [3.8, 4) is 0 Å². The van der Waals surface area contributed by atoms with Crippen LogP contribution in [-0.4, -0.2) is 75.0 Å². The zero-order chi connectivity index (χ0) is 19.0. The molecule has 1 saturated heterocycles. The van der Waals surface area contributed by atoms with Gasteiger partial charge >= 0.3 is 0 Å². The Hall–Kier alpha value is -2.71. The van der Waals surface area contributed by atoms with Crippen LogP contribution in [0.1, 0.15) is 22.0 Å². The highest BCUT2D eigenvalue weighted by Crippen LogP contribution is 2.31. The molecule has 1 amide bonds. The van der Waals surface area contributed by atoms with Crippen LogP contribution in [0.15, 0.2) is 43.0 Å². The maximum absolute atomic E-state index is 13.4. The molecule has 4 heterocycles. The molecule has 3 aromatic rings. The lowest BCUT2D eigenvalue weighted by Crippen LogP contribution is -2.51. The summed E-state index contributed by atoms with van der Waals surface area (Å²) in [5.41, 5.74) is 2.54. The van der Waals surface area contributed by atoms with Gasteiger partial charge in [-0.25, -0.2) is 4.52 Å². The molecule has 0 N–H and O–H groups in total. The Balaban J connectivity index is 1.69. The quantitative estimate of drug-likeness (QED) is 0.693. The van der Waals surface area contributed by atoms with Crippen molar-refractivity contribution < 1.29 is 9.53 Å². The van der Waals surface area contributed by atoms with Crippen molar-refractivity contribution in [1.29, 1.82) is 0 Å². The summed E-state index contributed by atoms with van der Waals surface area (Å²) < 4.78 is 9.57. The molecule has 4 rings (SSSR count). The SMILES string of the molecule is CN(C)C[C@@H]1OCCN(C(=O)c2ccn3nccc3c2)[C@H]1c1cnn(C)c1. The fourth-order valence-electron chi connectivity index (χ4n) is 3.68. The number of hydrogen-bond acceptors (Lipinski definition) is 5. The van der Waals surface area contributed by atoms with Gasteiger partial charge < -0.3 is 14.5 Å². The Labute approximate surface area is 157 Å². The third kappa shape index (κ3) is 3.45. The molecule has 0 saturated carbocycles. The largest absolute Gasteiger partial charge is 0.373 e. The number of aryl methyl sites for hydroxylation is 1. The van der Waals surface area contributed by atoms with Crippen molar-refractivity contribution >= 4 is 11.4 Å². The number of carbonyl (C=O) groups is 1. The summed E-state index contributed by atoms with van der Waals surface area (Å²) in [6, 6.07) is 5.41. The average molecular weight is 368 g/mol. The first-order valence-electron chi connectivity index (χ1n) is 9.02. The Kier molecular flexibility index (Phi) is 4.67. The van der Waals surface area contributed by atoms with Crippen LogP contribution in [0.2, 0.25) is 0 Å². The number of carbonyl (C=O) groups excluding carboxylic acids is 1. The minimum atomic E-state index is -0.177. The summed E-state index contributed by atoms with van der Waals surface area (Å²) in [6.07, 6.45) is 7.22. The standard InChI is InChI=1S/C19H24N6O2/c1-22(2)13-17-18(15-11-21-23(3)12-15)24(8-9-27-17)19(26)14-5-7-25-16(10-14)4-6-20-25/h4-7,10-12,17-18H,8-9,13H2,1-3H3/t17-,18-/m0/s1. The monoisotopic (exact) mass is 368 g/mol. The second kappa shape index (κ2) is 7.13. The Bertz CT molecular complexity index is 946. The second-order valence-electron chi connectivity index (χ2n) is 7.18. The van der Waals surface area contributed by atoms with Gasteiger partial charge in [-0.2, -0.15) is 10.2 Å². The molecular formula is C19H24N6O2. The summed E-state index contributed by atoms with van der Waals surface area (Å²) in [5, 5.41) is 8.50. The number of ether oxygens (including phenoxy) is 1. The highest BCUT2D eigenvalue weighted by molar-refractivity contribution is 5.95. The highest BCUT2D eigenvalue weighted by atomic mass is 16.5. The number of amides is 1. The van der Waals surface area contributed by atoms with Gasteiger partial charge in [0.05, 0.1) is 30.5 Å². The van der Waals surface area contributed by atoms with Gasteiger partial charge in [-0.1, -0.05) is 0 Å². The van der Waals surface area contributed by atoms with Gasteiger partial charge in [0.1, 0.15) is 0 Å². The van der Waals surface area contributed by atoms with Gasteiger partial charge in [-0.3, -0.25) is 9.48 Å². The van der Waals surface area contributed by atoms with Crippen LogP contribution in [0.5, 0.6) is 0 Å². The van der Waals surface area contributed by atoms with E-state index >= 15 is 0 Å². The first-order valence-corrected chi connectivity index (χ1v) is 9.02.